The second-order valence-corrected chi connectivity index (χ2v) is 19.1. The lowest BCUT2D eigenvalue weighted by molar-refractivity contribution is 1.14. The van der Waals surface area contributed by atoms with E-state index in [1.165, 1.54) is 32.6 Å². The van der Waals surface area contributed by atoms with Crippen molar-refractivity contribution in [3.05, 3.63) is 260 Å². The van der Waals surface area contributed by atoms with Gasteiger partial charge in [-0.3, -0.25) is 0 Å². The minimum atomic E-state index is 0.453. The van der Waals surface area contributed by atoms with Gasteiger partial charge in [0.25, 0.3) is 0 Å². The van der Waals surface area contributed by atoms with Gasteiger partial charge >= 0.3 is 0 Å². The number of benzene rings is 11. The molecule has 0 saturated carbocycles. The number of fused-ring (bicyclic) bond motifs is 12. The smallest absolute Gasteiger partial charge is 0.212 e. The van der Waals surface area contributed by atoms with E-state index in [9.17, 15) is 5.26 Å². The fourth-order valence-corrected chi connectivity index (χ4v) is 11.9. The molecule has 6 nitrogen and oxygen atoms in total. The van der Waals surface area contributed by atoms with Gasteiger partial charge in [0, 0.05) is 54.5 Å². The summed E-state index contributed by atoms with van der Waals surface area (Å²) < 4.78 is 9.03. The Kier molecular flexibility index (Phi) is 8.99. The van der Waals surface area contributed by atoms with E-state index in [0.717, 1.165) is 88.3 Å². The number of hydrogen-bond acceptors (Lipinski definition) is 1. The molecule has 4 aromatic heterocycles. The van der Waals surface area contributed by atoms with Crippen LogP contribution in [0.4, 0.5) is 5.69 Å². The maximum absolute atomic E-state index is 11.1. The van der Waals surface area contributed by atoms with E-state index >= 15 is 0 Å². The molecule has 0 fully saturated rings. The fourth-order valence-electron chi connectivity index (χ4n) is 11.9. The van der Waals surface area contributed by atoms with Crippen LogP contribution in [0.5, 0.6) is 0 Å². The standard InChI is InChI=1S/C68H40N6/c1-70-58-41-65(73-61-26-14-10-22-52(61)56-36-43(30-34-63(56)73)45-28-32-54-50-20-8-12-24-59(50)71(66(54)38-45)48-16-4-2-5-17-48)47(42-69)40-68(58)74-62-27-15-11-23-53(62)57-37-44(31-35-64(57)74)46-29-33-55-51-21-9-13-25-60(51)72(67(55)39-46)49-18-6-3-7-19-49/h2-41H. The maximum Gasteiger partial charge on any atom is 0.212 e. The molecule has 0 unspecified atom stereocenters. The Morgan fingerprint density at radius 2 is 0.649 bits per heavy atom. The Hall–Kier alpha value is -10.4. The molecule has 342 valence electrons. The number of hydrogen-bond donors (Lipinski definition) is 0. The second-order valence-electron chi connectivity index (χ2n) is 19.1. The highest BCUT2D eigenvalue weighted by Gasteiger charge is 2.23. The van der Waals surface area contributed by atoms with Crippen LogP contribution in [0.3, 0.4) is 0 Å². The zero-order chi connectivity index (χ0) is 49.0. The summed E-state index contributed by atoms with van der Waals surface area (Å²) in [5.74, 6) is 0. The molecule has 4 heterocycles. The largest absolute Gasteiger partial charge is 0.319 e. The number of aromatic nitrogens is 4. The summed E-state index contributed by atoms with van der Waals surface area (Å²) in [6.45, 7) is 8.71. The van der Waals surface area contributed by atoms with Crippen molar-refractivity contribution in [1.29, 1.82) is 5.26 Å². The quantitative estimate of drug-likeness (QED) is 0.153. The van der Waals surface area contributed by atoms with Crippen LogP contribution in [0.25, 0.3) is 137 Å². The van der Waals surface area contributed by atoms with Gasteiger partial charge in [0.1, 0.15) is 6.07 Å². The molecule has 0 bridgehead atoms. The van der Waals surface area contributed by atoms with E-state index in [4.69, 9.17) is 6.57 Å². The summed E-state index contributed by atoms with van der Waals surface area (Å²) >= 11 is 0. The van der Waals surface area contributed by atoms with Crippen LogP contribution < -0.4 is 0 Å². The molecule has 0 spiro atoms. The first-order valence-corrected chi connectivity index (χ1v) is 24.8. The van der Waals surface area contributed by atoms with Gasteiger partial charge in [-0.15, -0.1) is 0 Å². The number of para-hydroxylation sites is 6. The molecule has 15 rings (SSSR count). The lowest BCUT2D eigenvalue weighted by Crippen LogP contribution is -2.01. The third-order valence-corrected chi connectivity index (χ3v) is 15.2. The minimum Gasteiger partial charge on any atom is -0.319 e. The predicted molar refractivity (Wildman–Crippen MR) is 306 cm³/mol. The van der Waals surface area contributed by atoms with Crippen molar-refractivity contribution in [2.45, 2.75) is 0 Å². The van der Waals surface area contributed by atoms with Crippen LogP contribution in [0, 0.1) is 17.9 Å². The highest BCUT2D eigenvalue weighted by atomic mass is 15.0. The van der Waals surface area contributed by atoms with Crippen molar-refractivity contribution in [2.24, 2.45) is 0 Å². The number of rotatable bonds is 6. The molecule has 0 saturated heterocycles. The lowest BCUT2D eigenvalue weighted by Gasteiger charge is -2.16. The van der Waals surface area contributed by atoms with E-state index in [2.05, 4.69) is 248 Å². The molecule has 0 atom stereocenters. The Bertz CT molecular complexity index is 4600. The van der Waals surface area contributed by atoms with Crippen LogP contribution in [0.2, 0.25) is 0 Å². The van der Waals surface area contributed by atoms with Crippen LogP contribution in [0.15, 0.2) is 243 Å². The van der Waals surface area contributed by atoms with E-state index in [0.29, 0.717) is 22.6 Å². The van der Waals surface area contributed by atoms with E-state index in [1.807, 2.05) is 24.3 Å². The molecule has 0 radical (unpaired) electrons. The van der Waals surface area contributed by atoms with Crippen LogP contribution in [-0.2, 0) is 0 Å². The van der Waals surface area contributed by atoms with Crippen molar-refractivity contribution >= 4 is 92.9 Å². The van der Waals surface area contributed by atoms with E-state index in [-0.39, 0.29) is 0 Å². The summed E-state index contributed by atoms with van der Waals surface area (Å²) in [7, 11) is 0. The van der Waals surface area contributed by atoms with Crippen LogP contribution in [-0.4, -0.2) is 18.3 Å². The molecule has 0 N–H and O–H groups in total. The zero-order valence-corrected chi connectivity index (χ0v) is 39.8. The SMILES string of the molecule is [C-]#[N+]c1cc(-n2c3ccccc3c3cc(-c4ccc5c6ccccc6n(-c6ccccc6)c5c4)ccc32)c(C#N)cc1-n1c2ccccc2c2cc(-c3ccc4c5ccccc5n(-c5ccccc5)c4c3)ccc21. The third kappa shape index (κ3) is 6.04. The topological polar surface area (TPSA) is 47.9 Å². The molecule has 6 heteroatoms. The normalized spacial score (nSPS) is 11.8. The van der Waals surface area contributed by atoms with Gasteiger partial charge in [-0.1, -0.05) is 146 Å². The van der Waals surface area contributed by atoms with E-state index in [1.54, 1.807) is 0 Å². The molecule has 0 amide bonds. The first kappa shape index (κ1) is 41.4. The zero-order valence-electron chi connectivity index (χ0n) is 39.8. The Balaban J connectivity index is 0.870. The van der Waals surface area contributed by atoms with Gasteiger partial charge in [-0.2, -0.15) is 5.26 Å². The Morgan fingerprint density at radius 3 is 1.09 bits per heavy atom. The van der Waals surface area contributed by atoms with Crippen molar-refractivity contribution in [3.8, 4) is 51.1 Å². The summed E-state index contributed by atoms with van der Waals surface area (Å²) in [5, 5.41) is 20.3. The number of nitriles is 1. The first-order chi connectivity index (χ1) is 36.6. The molecule has 15 aromatic rings. The first-order valence-electron chi connectivity index (χ1n) is 24.8. The van der Waals surface area contributed by atoms with Gasteiger partial charge in [0.2, 0.25) is 5.69 Å². The predicted octanol–water partition coefficient (Wildman–Crippen LogP) is 17.8. The Morgan fingerprint density at radius 1 is 0.297 bits per heavy atom. The van der Waals surface area contributed by atoms with Gasteiger partial charge < -0.3 is 18.3 Å². The number of nitrogens with zero attached hydrogens (tertiary/aromatic N) is 6. The molecule has 0 aliphatic carbocycles. The highest BCUT2D eigenvalue weighted by molar-refractivity contribution is 6.15. The average Bonchev–Trinajstić information content (AvgIpc) is 4.19. The summed E-state index contributed by atoms with van der Waals surface area (Å²) in [6, 6.07) is 88.2. The van der Waals surface area contributed by atoms with Gasteiger partial charge in [0.05, 0.1) is 67.6 Å². The van der Waals surface area contributed by atoms with Gasteiger partial charge in [-0.05, 0) is 119 Å². The summed E-state index contributed by atoms with van der Waals surface area (Å²) in [5.41, 5.74) is 17.4. The third-order valence-electron chi connectivity index (χ3n) is 15.2. The lowest BCUT2D eigenvalue weighted by atomic mass is 10.0. The van der Waals surface area contributed by atoms with E-state index < -0.39 is 0 Å². The van der Waals surface area contributed by atoms with Crippen molar-refractivity contribution in [1.82, 2.24) is 18.3 Å². The Labute approximate surface area is 425 Å². The monoisotopic (exact) mass is 940 g/mol. The minimum absolute atomic E-state index is 0.453. The molecular weight excluding hydrogens is 901 g/mol. The van der Waals surface area contributed by atoms with Crippen LogP contribution >= 0.6 is 0 Å². The maximum atomic E-state index is 11.1. The molecule has 74 heavy (non-hydrogen) atoms. The fraction of sp³-hybridized carbons (Fsp3) is 0. The average molecular weight is 941 g/mol. The van der Waals surface area contributed by atoms with Crippen molar-refractivity contribution < 1.29 is 0 Å². The van der Waals surface area contributed by atoms with Crippen LogP contribution in [0.1, 0.15) is 5.56 Å². The van der Waals surface area contributed by atoms with Crippen molar-refractivity contribution in [2.75, 3.05) is 0 Å². The van der Waals surface area contributed by atoms with Gasteiger partial charge in [-0.25, -0.2) is 4.85 Å². The summed E-state index contributed by atoms with van der Waals surface area (Å²) in [6.07, 6.45) is 0. The van der Waals surface area contributed by atoms with Gasteiger partial charge in [0.15, 0.2) is 0 Å². The molecular formula is C68H40N6. The molecule has 11 aromatic carbocycles. The second kappa shape index (κ2) is 16.1. The highest BCUT2D eigenvalue weighted by Crippen LogP contribution is 2.43. The summed E-state index contributed by atoms with van der Waals surface area (Å²) in [4.78, 5) is 4.22. The molecule has 0 aliphatic rings. The van der Waals surface area contributed by atoms with Crippen molar-refractivity contribution in [3.63, 3.8) is 0 Å². The molecule has 0 aliphatic heterocycles.